The normalized spacial score (nSPS) is 10.2. The van der Waals surface area contributed by atoms with E-state index in [4.69, 9.17) is 5.73 Å². The Labute approximate surface area is 117 Å². The zero-order chi connectivity index (χ0) is 15.6. The van der Waals surface area contributed by atoms with Crippen molar-refractivity contribution in [1.29, 1.82) is 0 Å². The van der Waals surface area contributed by atoms with Gasteiger partial charge in [0.1, 0.15) is 5.82 Å². The van der Waals surface area contributed by atoms with Gasteiger partial charge in [-0.15, -0.1) is 0 Å². The summed E-state index contributed by atoms with van der Waals surface area (Å²) in [6, 6.07) is 6.72. The van der Waals surface area contributed by atoms with Gasteiger partial charge in [-0.25, -0.2) is 4.39 Å². The number of nitrogen functional groups attached to an aromatic ring is 1. The average Bonchev–Trinajstić information content (AvgIpc) is 2.42. The highest BCUT2D eigenvalue weighted by Crippen LogP contribution is 2.25. The number of carbonyl (C=O) groups is 1. The molecule has 0 heterocycles. The molecular weight excluding hydrogens is 284 g/mol. The largest absolute Gasteiger partial charge is 0.399 e. The molecule has 0 aliphatic carbocycles. The van der Waals surface area contributed by atoms with E-state index in [0.29, 0.717) is 17.8 Å². The topological polar surface area (TPSA) is 98.3 Å². The summed E-state index contributed by atoms with van der Waals surface area (Å²) in [5, 5.41) is 12.7. The van der Waals surface area contributed by atoms with Crippen molar-refractivity contribution >= 4 is 23.0 Å². The molecule has 108 valence electrons. The molecule has 1 amide bonds. The zero-order valence-corrected chi connectivity index (χ0v) is 10.5. The number of nitro benzene ring substituents is 1. The average molecular weight is 293 g/mol. The molecule has 0 spiro atoms. The molecule has 3 N–H and O–H groups in total. The molecule has 0 bridgehead atoms. The van der Waals surface area contributed by atoms with Crippen molar-refractivity contribution < 1.29 is 18.5 Å². The minimum absolute atomic E-state index is 0.176. The number of amides is 1. The maximum atomic E-state index is 13.5. The molecule has 8 heteroatoms. The number of carbonyl (C=O) groups excluding carboxylic acids is 1. The van der Waals surface area contributed by atoms with E-state index in [2.05, 4.69) is 5.32 Å². The lowest BCUT2D eigenvalue weighted by molar-refractivity contribution is -0.387. The number of anilines is 2. The highest BCUT2D eigenvalue weighted by atomic mass is 19.1. The minimum atomic E-state index is -1.32. The van der Waals surface area contributed by atoms with Gasteiger partial charge in [0.25, 0.3) is 5.91 Å². The van der Waals surface area contributed by atoms with Gasteiger partial charge in [0, 0.05) is 23.4 Å². The number of nitro groups is 1. The molecule has 0 aliphatic heterocycles. The van der Waals surface area contributed by atoms with Crippen LogP contribution in [0.4, 0.5) is 25.8 Å². The highest BCUT2D eigenvalue weighted by molar-refractivity contribution is 6.04. The SMILES string of the molecule is Nc1ccc(C(=O)Nc2cc([N+](=O)[O-])c(F)cc2F)cc1. The summed E-state index contributed by atoms with van der Waals surface area (Å²) < 4.78 is 26.7. The van der Waals surface area contributed by atoms with Gasteiger partial charge in [0.15, 0.2) is 0 Å². The van der Waals surface area contributed by atoms with E-state index in [0.717, 1.165) is 0 Å². The fraction of sp³-hybridized carbons (Fsp3) is 0. The molecule has 0 radical (unpaired) electrons. The molecule has 2 aromatic carbocycles. The lowest BCUT2D eigenvalue weighted by Crippen LogP contribution is -2.13. The number of nitrogens with one attached hydrogen (secondary N) is 1. The van der Waals surface area contributed by atoms with Crippen LogP contribution in [0.25, 0.3) is 0 Å². The second-order valence-corrected chi connectivity index (χ2v) is 4.12. The third-order valence-corrected chi connectivity index (χ3v) is 2.65. The van der Waals surface area contributed by atoms with Crippen LogP contribution in [0.15, 0.2) is 36.4 Å². The summed E-state index contributed by atoms with van der Waals surface area (Å²) in [4.78, 5) is 21.5. The van der Waals surface area contributed by atoms with Crippen LogP contribution in [0.3, 0.4) is 0 Å². The smallest absolute Gasteiger partial charge is 0.307 e. The molecular formula is C13H9F2N3O3. The van der Waals surface area contributed by atoms with Crippen LogP contribution in [0.5, 0.6) is 0 Å². The molecule has 0 atom stereocenters. The Morgan fingerprint density at radius 1 is 1.14 bits per heavy atom. The molecule has 6 nitrogen and oxygen atoms in total. The second-order valence-electron chi connectivity index (χ2n) is 4.12. The fourth-order valence-corrected chi connectivity index (χ4v) is 1.60. The van der Waals surface area contributed by atoms with Crippen LogP contribution in [0.1, 0.15) is 10.4 Å². The van der Waals surface area contributed by atoms with E-state index >= 15 is 0 Å². The summed E-state index contributed by atoms with van der Waals surface area (Å²) in [6.07, 6.45) is 0. The van der Waals surface area contributed by atoms with E-state index < -0.39 is 33.8 Å². The molecule has 0 fully saturated rings. The van der Waals surface area contributed by atoms with Crippen LogP contribution >= 0.6 is 0 Å². The summed E-state index contributed by atoms with van der Waals surface area (Å²) >= 11 is 0. The van der Waals surface area contributed by atoms with Crippen LogP contribution in [0, 0.1) is 21.7 Å². The third kappa shape index (κ3) is 3.11. The molecule has 0 aliphatic rings. The van der Waals surface area contributed by atoms with E-state index in [1.54, 1.807) is 0 Å². The van der Waals surface area contributed by atoms with E-state index in [9.17, 15) is 23.7 Å². The number of rotatable bonds is 3. The summed E-state index contributed by atoms with van der Waals surface area (Å²) in [6.45, 7) is 0. The molecule has 2 aromatic rings. The molecule has 2 rings (SSSR count). The Bertz CT molecular complexity index is 717. The third-order valence-electron chi connectivity index (χ3n) is 2.65. The van der Waals surface area contributed by atoms with Gasteiger partial charge in [0.2, 0.25) is 5.82 Å². The van der Waals surface area contributed by atoms with Crippen LogP contribution in [-0.4, -0.2) is 10.8 Å². The number of hydrogen-bond acceptors (Lipinski definition) is 4. The van der Waals surface area contributed by atoms with Gasteiger partial charge in [-0.05, 0) is 24.3 Å². The van der Waals surface area contributed by atoms with Gasteiger partial charge in [0.05, 0.1) is 10.6 Å². The van der Waals surface area contributed by atoms with Crippen molar-refractivity contribution in [3.63, 3.8) is 0 Å². The second kappa shape index (κ2) is 5.53. The van der Waals surface area contributed by atoms with Crippen LogP contribution in [-0.2, 0) is 0 Å². The van der Waals surface area contributed by atoms with Gasteiger partial charge in [-0.3, -0.25) is 14.9 Å². The summed E-state index contributed by atoms with van der Waals surface area (Å²) in [7, 11) is 0. The summed E-state index contributed by atoms with van der Waals surface area (Å²) in [5.74, 6) is -3.13. The van der Waals surface area contributed by atoms with Crippen LogP contribution in [0.2, 0.25) is 0 Å². The van der Waals surface area contributed by atoms with Crippen molar-refractivity contribution in [1.82, 2.24) is 0 Å². The van der Waals surface area contributed by atoms with E-state index in [1.165, 1.54) is 24.3 Å². The molecule has 0 saturated heterocycles. The Morgan fingerprint density at radius 3 is 2.33 bits per heavy atom. The first kappa shape index (κ1) is 14.4. The molecule has 0 saturated carbocycles. The monoisotopic (exact) mass is 293 g/mol. The number of halogens is 2. The van der Waals surface area contributed by atoms with E-state index in [-0.39, 0.29) is 5.56 Å². The lowest BCUT2D eigenvalue weighted by Gasteiger charge is -2.07. The number of benzene rings is 2. The molecule has 21 heavy (non-hydrogen) atoms. The van der Waals surface area contributed by atoms with E-state index in [1.807, 2.05) is 0 Å². The van der Waals surface area contributed by atoms with Gasteiger partial charge in [-0.1, -0.05) is 0 Å². The first-order chi connectivity index (χ1) is 9.88. The Balaban J connectivity index is 2.30. The van der Waals surface area contributed by atoms with Gasteiger partial charge >= 0.3 is 5.69 Å². The lowest BCUT2D eigenvalue weighted by atomic mass is 10.2. The fourth-order valence-electron chi connectivity index (χ4n) is 1.60. The summed E-state index contributed by atoms with van der Waals surface area (Å²) in [5.41, 5.74) is 4.67. The van der Waals surface area contributed by atoms with Crippen LogP contribution < -0.4 is 11.1 Å². The van der Waals surface area contributed by atoms with Crippen molar-refractivity contribution in [2.75, 3.05) is 11.1 Å². The van der Waals surface area contributed by atoms with Crippen molar-refractivity contribution in [2.24, 2.45) is 0 Å². The minimum Gasteiger partial charge on any atom is -0.399 e. The predicted molar refractivity (Wildman–Crippen MR) is 71.8 cm³/mol. The number of nitrogens with zero attached hydrogens (tertiary/aromatic N) is 1. The number of nitrogens with two attached hydrogens (primary N) is 1. The quantitative estimate of drug-likeness (QED) is 0.516. The van der Waals surface area contributed by atoms with Gasteiger partial charge < -0.3 is 11.1 Å². The standard InChI is InChI=1S/C13H9F2N3O3/c14-9-5-10(15)12(18(20)21)6-11(9)17-13(19)7-1-3-8(16)4-2-7/h1-6H,16H2,(H,17,19). The number of hydrogen-bond donors (Lipinski definition) is 2. The zero-order valence-electron chi connectivity index (χ0n) is 10.5. The Hall–Kier alpha value is -3.03. The van der Waals surface area contributed by atoms with Gasteiger partial charge in [-0.2, -0.15) is 4.39 Å². The Kier molecular flexibility index (Phi) is 3.79. The van der Waals surface area contributed by atoms with Crippen molar-refractivity contribution in [3.05, 3.63) is 63.7 Å². The first-order valence-electron chi connectivity index (χ1n) is 5.69. The predicted octanol–water partition coefficient (Wildman–Crippen LogP) is 2.71. The van der Waals surface area contributed by atoms with Crippen molar-refractivity contribution in [2.45, 2.75) is 0 Å². The highest BCUT2D eigenvalue weighted by Gasteiger charge is 2.20. The molecule has 0 aromatic heterocycles. The molecule has 0 unspecified atom stereocenters. The maximum Gasteiger partial charge on any atom is 0.307 e. The van der Waals surface area contributed by atoms with Crippen molar-refractivity contribution in [3.8, 4) is 0 Å². The maximum absolute atomic E-state index is 13.5. The first-order valence-corrected chi connectivity index (χ1v) is 5.69. The Morgan fingerprint density at radius 2 is 1.76 bits per heavy atom.